The summed E-state index contributed by atoms with van der Waals surface area (Å²) in [6.45, 7) is 0.850. The number of hydrogen-bond acceptors (Lipinski definition) is 7. The third-order valence-corrected chi connectivity index (χ3v) is 6.06. The lowest BCUT2D eigenvalue weighted by molar-refractivity contribution is -0.140. The smallest absolute Gasteiger partial charge is 0.295 e. The van der Waals surface area contributed by atoms with Gasteiger partial charge in [0.15, 0.2) is 0 Å². The first kappa shape index (κ1) is 22.7. The van der Waals surface area contributed by atoms with Gasteiger partial charge in [-0.1, -0.05) is 0 Å². The van der Waals surface area contributed by atoms with Gasteiger partial charge >= 0.3 is 0 Å². The van der Waals surface area contributed by atoms with E-state index in [0.717, 1.165) is 12.8 Å². The second-order valence-electron chi connectivity index (χ2n) is 7.92. The number of carbonyl (C=O) groups is 2. The number of hydrogen-bond donors (Lipinski definition) is 1. The van der Waals surface area contributed by atoms with Crippen molar-refractivity contribution < 1.29 is 33.6 Å². The molecule has 0 aromatic heterocycles. The summed E-state index contributed by atoms with van der Waals surface area (Å²) in [5.74, 6) is -0.0811. The zero-order valence-corrected chi connectivity index (χ0v) is 18.9. The Labute approximate surface area is 192 Å². The van der Waals surface area contributed by atoms with Crippen molar-refractivity contribution in [2.24, 2.45) is 0 Å². The van der Waals surface area contributed by atoms with Crippen LogP contribution >= 0.6 is 0 Å². The van der Waals surface area contributed by atoms with Crippen molar-refractivity contribution in [1.82, 2.24) is 4.90 Å². The van der Waals surface area contributed by atoms with Gasteiger partial charge in [0.05, 0.1) is 39.0 Å². The lowest BCUT2D eigenvalue weighted by Crippen LogP contribution is -2.36. The van der Waals surface area contributed by atoms with Gasteiger partial charge in [-0.3, -0.25) is 9.59 Å². The fourth-order valence-corrected chi connectivity index (χ4v) is 4.36. The summed E-state index contributed by atoms with van der Waals surface area (Å²) in [6.07, 6.45) is 1.51. The summed E-state index contributed by atoms with van der Waals surface area (Å²) in [6, 6.07) is 11.0. The Morgan fingerprint density at radius 3 is 2.33 bits per heavy atom. The molecule has 0 unspecified atom stereocenters. The SMILES string of the molecule is COc1ccc(C(O)=C2C(=O)C(=O)N(C[C@@H]3CCCO3)[C@H]2c2cc(OC)ccc2OC)cc1. The molecule has 0 spiro atoms. The number of ether oxygens (including phenoxy) is 4. The molecule has 0 radical (unpaired) electrons. The zero-order valence-electron chi connectivity index (χ0n) is 18.9. The Hall–Kier alpha value is -3.52. The molecule has 4 rings (SSSR count). The van der Waals surface area contributed by atoms with Crippen molar-refractivity contribution in [3.05, 3.63) is 59.2 Å². The molecule has 2 aromatic rings. The number of benzene rings is 2. The second kappa shape index (κ2) is 9.54. The number of aliphatic hydroxyl groups excluding tert-OH is 1. The number of aliphatic hydroxyl groups is 1. The largest absolute Gasteiger partial charge is 0.507 e. The van der Waals surface area contributed by atoms with E-state index in [2.05, 4.69) is 0 Å². The van der Waals surface area contributed by atoms with Gasteiger partial charge in [0.2, 0.25) is 0 Å². The van der Waals surface area contributed by atoms with E-state index in [4.69, 9.17) is 18.9 Å². The topological polar surface area (TPSA) is 94.5 Å². The van der Waals surface area contributed by atoms with Crippen molar-refractivity contribution in [3.63, 3.8) is 0 Å². The maximum Gasteiger partial charge on any atom is 0.295 e. The molecule has 33 heavy (non-hydrogen) atoms. The van der Waals surface area contributed by atoms with E-state index in [-0.39, 0.29) is 24.0 Å². The zero-order chi connectivity index (χ0) is 23.5. The first-order valence-corrected chi connectivity index (χ1v) is 10.7. The molecule has 8 heteroatoms. The van der Waals surface area contributed by atoms with Crippen LogP contribution in [-0.2, 0) is 14.3 Å². The predicted molar refractivity (Wildman–Crippen MR) is 121 cm³/mol. The van der Waals surface area contributed by atoms with Crippen LogP contribution < -0.4 is 14.2 Å². The monoisotopic (exact) mass is 453 g/mol. The van der Waals surface area contributed by atoms with E-state index in [0.29, 0.717) is 35.0 Å². The van der Waals surface area contributed by atoms with Crippen molar-refractivity contribution in [2.75, 3.05) is 34.5 Å². The highest BCUT2D eigenvalue weighted by molar-refractivity contribution is 6.46. The van der Waals surface area contributed by atoms with E-state index in [1.807, 2.05) is 0 Å². The minimum absolute atomic E-state index is 0.00489. The Kier molecular flexibility index (Phi) is 6.55. The molecule has 2 aliphatic rings. The van der Waals surface area contributed by atoms with Crippen LogP contribution in [0.25, 0.3) is 5.76 Å². The van der Waals surface area contributed by atoms with Gasteiger partial charge in [0, 0.05) is 24.3 Å². The molecule has 0 saturated carbocycles. The molecule has 2 fully saturated rings. The minimum atomic E-state index is -0.860. The van der Waals surface area contributed by atoms with Crippen LogP contribution in [0.4, 0.5) is 0 Å². The number of methoxy groups -OCH3 is 3. The Morgan fingerprint density at radius 2 is 1.73 bits per heavy atom. The summed E-state index contributed by atoms with van der Waals surface area (Å²) in [7, 11) is 4.59. The standard InChI is InChI=1S/C25H27NO7/c1-30-16-8-6-15(7-9-16)23(27)21-22(19-13-17(31-2)10-11-20(19)32-3)26(25(29)24(21)28)14-18-5-4-12-33-18/h6-11,13,18,22,27H,4-5,12,14H2,1-3H3/t18-,22-/m0/s1. The number of Topliss-reactive ketones (excluding diaryl/α,β-unsaturated/α-hetero) is 1. The number of nitrogens with zero attached hydrogens (tertiary/aromatic N) is 1. The van der Waals surface area contributed by atoms with E-state index in [1.54, 1.807) is 49.6 Å². The van der Waals surface area contributed by atoms with Crippen molar-refractivity contribution in [3.8, 4) is 17.2 Å². The van der Waals surface area contributed by atoms with Crippen LogP contribution in [0, 0.1) is 0 Å². The summed E-state index contributed by atoms with van der Waals surface area (Å²) < 4.78 is 21.8. The summed E-state index contributed by atoms with van der Waals surface area (Å²) >= 11 is 0. The molecular weight excluding hydrogens is 426 g/mol. The van der Waals surface area contributed by atoms with Crippen LogP contribution in [0.15, 0.2) is 48.0 Å². The van der Waals surface area contributed by atoms with Gasteiger partial charge in [-0.25, -0.2) is 0 Å². The summed E-state index contributed by atoms with van der Waals surface area (Å²) in [4.78, 5) is 27.8. The highest BCUT2D eigenvalue weighted by Crippen LogP contribution is 2.44. The molecule has 2 aliphatic heterocycles. The minimum Gasteiger partial charge on any atom is -0.507 e. The maximum absolute atomic E-state index is 13.2. The molecule has 2 aromatic carbocycles. The van der Waals surface area contributed by atoms with Gasteiger partial charge in [-0.15, -0.1) is 0 Å². The van der Waals surface area contributed by atoms with Crippen molar-refractivity contribution in [2.45, 2.75) is 25.0 Å². The van der Waals surface area contributed by atoms with Crippen LogP contribution in [0.5, 0.6) is 17.2 Å². The third kappa shape index (κ3) is 4.26. The number of carbonyl (C=O) groups excluding carboxylic acids is 2. The Bertz CT molecular complexity index is 1070. The highest BCUT2D eigenvalue weighted by Gasteiger charge is 2.48. The lowest BCUT2D eigenvalue weighted by Gasteiger charge is -2.28. The first-order valence-electron chi connectivity index (χ1n) is 10.7. The molecule has 8 nitrogen and oxygen atoms in total. The predicted octanol–water partition coefficient (Wildman–Crippen LogP) is 3.31. The number of likely N-dealkylation sites (tertiary alicyclic amines) is 1. The number of amides is 1. The Balaban J connectivity index is 1.88. The molecular formula is C25H27NO7. The fraction of sp³-hybridized carbons (Fsp3) is 0.360. The molecule has 2 saturated heterocycles. The van der Waals surface area contributed by atoms with Crippen LogP contribution in [0.3, 0.4) is 0 Å². The van der Waals surface area contributed by atoms with Gasteiger partial charge in [0.1, 0.15) is 23.0 Å². The van der Waals surface area contributed by atoms with Crippen molar-refractivity contribution >= 4 is 17.4 Å². The molecule has 1 amide bonds. The van der Waals surface area contributed by atoms with E-state index >= 15 is 0 Å². The molecule has 0 bridgehead atoms. The van der Waals surface area contributed by atoms with Crippen LogP contribution in [0.1, 0.15) is 30.0 Å². The van der Waals surface area contributed by atoms with Crippen molar-refractivity contribution in [1.29, 1.82) is 0 Å². The average Bonchev–Trinajstić information content (AvgIpc) is 3.45. The normalized spacial score (nSPS) is 22.0. The van der Waals surface area contributed by atoms with E-state index < -0.39 is 17.7 Å². The van der Waals surface area contributed by atoms with Gasteiger partial charge in [-0.05, 0) is 55.3 Å². The number of ketones is 1. The number of rotatable bonds is 7. The highest BCUT2D eigenvalue weighted by atomic mass is 16.5. The molecule has 1 N–H and O–H groups in total. The van der Waals surface area contributed by atoms with Gasteiger partial charge in [-0.2, -0.15) is 0 Å². The molecule has 2 heterocycles. The third-order valence-electron chi connectivity index (χ3n) is 6.06. The first-order chi connectivity index (χ1) is 16.0. The Morgan fingerprint density at radius 1 is 1.03 bits per heavy atom. The fourth-order valence-electron chi connectivity index (χ4n) is 4.36. The quantitative estimate of drug-likeness (QED) is 0.390. The van der Waals surface area contributed by atoms with Crippen LogP contribution in [0.2, 0.25) is 0 Å². The molecule has 2 atom stereocenters. The van der Waals surface area contributed by atoms with E-state index in [9.17, 15) is 14.7 Å². The summed E-state index contributed by atoms with van der Waals surface area (Å²) in [5, 5.41) is 11.2. The maximum atomic E-state index is 13.2. The average molecular weight is 453 g/mol. The summed E-state index contributed by atoms with van der Waals surface area (Å²) in [5.41, 5.74) is 0.941. The lowest BCUT2D eigenvalue weighted by atomic mass is 9.94. The van der Waals surface area contributed by atoms with Crippen LogP contribution in [-0.4, -0.2) is 62.3 Å². The molecule has 174 valence electrons. The van der Waals surface area contributed by atoms with Gasteiger partial charge in [0.25, 0.3) is 11.7 Å². The second-order valence-corrected chi connectivity index (χ2v) is 7.92. The van der Waals surface area contributed by atoms with E-state index in [1.165, 1.54) is 19.1 Å². The molecule has 0 aliphatic carbocycles. The van der Waals surface area contributed by atoms with Gasteiger partial charge < -0.3 is 29.0 Å².